The van der Waals surface area contributed by atoms with E-state index in [1.807, 2.05) is 0 Å². The first-order chi connectivity index (χ1) is 1.41. The first kappa shape index (κ1) is 9.15. The summed E-state index contributed by atoms with van der Waals surface area (Å²) in [5.41, 5.74) is 0. The molecule has 4 heavy (non-hydrogen) atoms. The average Bonchev–Trinajstić information content (AvgIpc) is 0.918. The number of rotatable bonds is 0. The molecule has 0 spiro atoms. The van der Waals surface area contributed by atoms with Crippen LogP contribution in [-0.2, 0) is 4.79 Å². The van der Waals surface area contributed by atoms with Crippen LogP contribution in [0.2, 0.25) is 0 Å². The van der Waals surface area contributed by atoms with Gasteiger partial charge in [-0.15, -0.1) is 0 Å². The third-order valence-corrected chi connectivity index (χ3v) is 0. The number of hydrogen-bond donors (Lipinski definition) is 0. The molecule has 0 aromatic heterocycles. The van der Waals surface area contributed by atoms with Crippen molar-refractivity contribution in [2.75, 3.05) is 0 Å². The van der Waals surface area contributed by atoms with Gasteiger partial charge in [0.1, 0.15) is 0 Å². The molecular weight excluding hydrogens is 49.0 g/mol. The number of carbonyl (C=O) groups excluding carboxylic acids is 1. The third kappa shape index (κ3) is 49.8. The van der Waals surface area contributed by atoms with Gasteiger partial charge in [0.15, 0.2) is 6.29 Å². The van der Waals surface area contributed by atoms with Crippen molar-refractivity contribution < 1.29 is 4.79 Å². The van der Waals surface area contributed by atoms with Crippen molar-refractivity contribution in [3.8, 4) is 0 Å². The van der Waals surface area contributed by atoms with Gasteiger partial charge in [0.25, 0.3) is 0 Å². The second-order valence-corrected chi connectivity index (χ2v) is 0.204. The van der Waals surface area contributed by atoms with E-state index in [-0.39, 0.29) is 10.1 Å². The first-order valence-corrected chi connectivity index (χ1v) is 0.704. The van der Waals surface area contributed by atoms with Gasteiger partial charge in [-0.25, -0.2) is 0 Å². The van der Waals surface area contributed by atoms with E-state index in [1.165, 1.54) is 13.2 Å². The predicted octanol–water partition coefficient (Wildman–Crippen LogP) is -0.800. The number of hydrogen-bond acceptors (Lipinski definition) is 1. The summed E-state index contributed by atoms with van der Waals surface area (Å²) >= 11 is 0. The zero-order valence-corrected chi connectivity index (χ0v) is 1.91. The van der Waals surface area contributed by atoms with Gasteiger partial charge in [-0.2, -0.15) is 0 Å². The zero-order valence-electron chi connectivity index (χ0n) is 1.91. The van der Waals surface area contributed by atoms with Crippen LogP contribution in [0.3, 0.4) is 0 Å². The van der Waals surface area contributed by atoms with Crippen molar-refractivity contribution in [1.29, 1.82) is 0 Å². The Kier molecular flexibility index (Phi) is 31.2. The molecule has 0 bridgehead atoms. The molecule has 0 amide bonds. The van der Waals surface area contributed by atoms with Crippen molar-refractivity contribution in [3.63, 3.8) is 0 Å². The molecule has 0 fully saturated rings. The molecule has 1 nitrogen and oxygen atoms in total. The quantitative estimate of drug-likeness (QED) is 0.331. The van der Waals surface area contributed by atoms with Crippen LogP contribution in [0.25, 0.3) is 0 Å². The van der Waals surface area contributed by atoms with E-state index in [0.717, 1.165) is 0 Å². The molecule has 0 aromatic carbocycles. The van der Waals surface area contributed by atoms with Crippen molar-refractivity contribution in [2.24, 2.45) is 0 Å². The van der Waals surface area contributed by atoms with Gasteiger partial charge < -0.3 is 0 Å². The Morgan fingerprint density at radius 2 is 1.75 bits per heavy atom. The Balaban J connectivity index is 0. The zero-order chi connectivity index (χ0) is 2.71. The van der Waals surface area contributed by atoms with Crippen molar-refractivity contribution >= 4 is 16.4 Å². The summed E-state index contributed by atoms with van der Waals surface area (Å²) < 4.78 is 0. The Labute approximate surface area is 29.2 Å². The van der Waals surface area contributed by atoms with Crippen LogP contribution in [0.5, 0.6) is 0 Å². The summed E-state index contributed by atoms with van der Waals surface area (Å²) in [6.45, 7) is 1.32. The van der Waals surface area contributed by atoms with Crippen molar-refractivity contribution in [2.45, 2.75) is 6.92 Å². The first-order valence-electron chi connectivity index (χ1n) is 0.704. The summed E-state index contributed by atoms with van der Waals surface area (Å²) in [5.74, 6) is 0. The van der Waals surface area contributed by atoms with Crippen LogP contribution < -0.4 is 0 Å². The molecule has 0 aromatic rings. The fraction of sp³-hybridized carbons (Fsp3) is 0.500. The standard InChI is InChI=1S/C2H3O.Be.2H/c1-2-3;;;/h1H3;;;. The Hall–Kier alpha value is -0.161. The Morgan fingerprint density at radius 3 is 1.75 bits per heavy atom. The van der Waals surface area contributed by atoms with E-state index in [4.69, 9.17) is 4.79 Å². The van der Waals surface area contributed by atoms with Crippen LogP contribution in [0.4, 0.5) is 0 Å². The van der Waals surface area contributed by atoms with Gasteiger partial charge in [-0.05, 0) is 0 Å². The molecule has 1 radical (unpaired) electrons. The Bertz CT molecular complexity index is 13.5. The summed E-state index contributed by atoms with van der Waals surface area (Å²) in [4.78, 5) is 8.68. The monoisotopic (exact) mass is 54.0 g/mol. The van der Waals surface area contributed by atoms with Crippen molar-refractivity contribution in [1.82, 2.24) is 0 Å². The SMILES string of the molecule is C[C]=O.[BeH2]. The van der Waals surface area contributed by atoms with Gasteiger partial charge in [-0.3, -0.25) is 4.79 Å². The maximum absolute atomic E-state index is 8.68. The van der Waals surface area contributed by atoms with E-state index < -0.39 is 0 Å². The van der Waals surface area contributed by atoms with Crippen LogP contribution in [-0.4, -0.2) is 16.4 Å². The molecule has 0 saturated heterocycles. The molecule has 0 atom stereocenters. The molecule has 0 heterocycles. The molecule has 0 N–H and O–H groups in total. The van der Waals surface area contributed by atoms with Crippen LogP contribution in [0.15, 0.2) is 0 Å². The summed E-state index contributed by atoms with van der Waals surface area (Å²) in [7, 11) is 0. The maximum atomic E-state index is 8.68. The van der Waals surface area contributed by atoms with E-state index in [2.05, 4.69) is 0 Å². The molecule has 0 aliphatic heterocycles. The fourth-order valence-corrected chi connectivity index (χ4v) is 0. The van der Waals surface area contributed by atoms with Gasteiger partial charge >= 0.3 is 10.1 Å². The summed E-state index contributed by atoms with van der Waals surface area (Å²) in [6, 6.07) is 0. The summed E-state index contributed by atoms with van der Waals surface area (Å²) in [6.07, 6.45) is 1.50. The van der Waals surface area contributed by atoms with Crippen LogP contribution >= 0.6 is 0 Å². The molecule has 21 valence electrons. The Morgan fingerprint density at radius 1 is 1.75 bits per heavy atom. The third-order valence-electron chi connectivity index (χ3n) is 0. The molecule has 0 unspecified atom stereocenters. The van der Waals surface area contributed by atoms with Gasteiger partial charge in [-0.1, -0.05) is 0 Å². The minimum atomic E-state index is 0. The molecule has 0 rings (SSSR count). The van der Waals surface area contributed by atoms with Gasteiger partial charge in [0, 0.05) is 6.92 Å². The molecule has 2 heteroatoms. The minimum absolute atomic E-state index is 0. The van der Waals surface area contributed by atoms with Crippen molar-refractivity contribution in [3.05, 3.63) is 0 Å². The predicted molar refractivity (Wildman–Crippen MR) is 19.9 cm³/mol. The topological polar surface area (TPSA) is 17.1 Å². The van der Waals surface area contributed by atoms with E-state index in [9.17, 15) is 0 Å². The average molecular weight is 54.1 g/mol. The van der Waals surface area contributed by atoms with E-state index in [0.29, 0.717) is 0 Å². The van der Waals surface area contributed by atoms with Gasteiger partial charge in [0.05, 0.1) is 0 Å². The van der Waals surface area contributed by atoms with E-state index >= 15 is 0 Å². The van der Waals surface area contributed by atoms with Gasteiger partial charge in [0.2, 0.25) is 0 Å². The molecule has 0 aliphatic carbocycles. The molecule has 0 aliphatic rings. The normalized spacial score (nSPS) is 3.25. The molecule has 0 saturated carbocycles. The fourth-order valence-electron chi connectivity index (χ4n) is 0. The second-order valence-electron chi connectivity index (χ2n) is 0.204. The second kappa shape index (κ2) is 13.6. The van der Waals surface area contributed by atoms with Crippen LogP contribution in [0, 0.1) is 0 Å². The van der Waals surface area contributed by atoms with Crippen LogP contribution in [0.1, 0.15) is 6.92 Å². The molecular formula is C2H5BeO. The summed E-state index contributed by atoms with van der Waals surface area (Å²) in [5, 5.41) is 0. The van der Waals surface area contributed by atoms with E-state index in [1.54, 1.807) is 0 Å².